The SMILES string of the molecule is CC1CCCCC1(CN)Nc1nn(C)c(=O)n(C)c1=O. The Bertz CT molecular complexity index is 606. The monoisotopic (exact) mass is 281 g/mol. The molecule has 1 heterocycles. The number of nitrogens with one attached hydrogen (secondary N) is 1. The second-order valence-electron chi connectivity index (χ2n) is 5.75. The molecule has 2 rings (SSSR count). The van der Waals surface area contributed by atoms with E-state index in [-0.39, 0.29) is 11.4 Å². The van der Waals surface area contributed by atoms with Crippen molar-refractivity contribution in [2.45, 2.75) is 38.1 Å². The molecule has 0 saturated heterocycles. The van der Waals surface area contributed by atoms with E-state index >= 15 is 0 Å². The lowest BCUT2D eigenvalue weighted by molar-refractivity contribution is 0.234. The van der Waals surface area contributed by atoms with Crippen molar-refractivity contribution in [1.29, 1.82) is 0 Å². The summed E-state index contributed by atoms with van der Waals surface area (Å²) in [6, 6.07) is 0. The van der Waals surface area contributed by atoms with Crippen molar-refractivity contribution >= 4 is 5.82 Å². The molecule has 0 spiro atoms. The van der Waals surface area contributed by atoms with E-state index in [1.807, 2.05) is 0 Å². The van der Waals surface area contributed by atoms with Crippen molar-refractivity contribution < 1.29 is 0 Å². The standard InChI is InChI=1S/C13H23N5O2/c1-9-6-4-5-7-13(9,8-14)15-10-11(19)17(2)12(20)18(3)16-10/h9H,4-8,14H2,1-3H3,(H,15,16). The highest BCUT2D eigenvalue weighted by Gasteiger charge is 2.38. The van der Waals surface area contributed by atoms with E-state index in [9.17, 15) is 9.59 Å². The number of nitrogens with zero attached hydrogens (tertiary/aromatic N) is 3. The minimum absolute atomic E-state index is 0.203. The van der Waals surface area contributed by atoms with Gasteiger partial charge in [0.15, 0.2) is 0 Å². The molecule has 2 unspecified atom stereocenters. The third-order valence-electron chi connectivity index (χ3n) is 4.51. The van der Waals surface area contributed by atoms with Crippen LogP contribution in [-0.4, -0.2) is 26.4 Å². The van der Waals surface area contributed by atoms with E-state index in [0.29, 0.717) is 12.5 Å². The molecule has 112 valence electrons. The average Bonchev–Trinajstić information content (AvgIpc) is 2.45. The number of rotatable bonds is 3. The maximum absolute atomic E-state index is 12.2. The topological polar surface area (TPSA) is 94.9 Å². The normalized spacial score (nSPS) is 26.5. The molecule has 20 heavy (non-hydrogen) atoms. The van der Waals surface area contributed by atoms with Crippen LogP contribution in [0.5, 0.6) is 0 Å². The van der Waals surface area contributed by atoms with E-state index in [4.69, 9.17) is 5.73 Å². The summed E-state index contributed by atoms with van der Waals surface area (Å²) in [5, 5.41) is 7.30. The van der Waals surface area contributed by atoms with Gasteiger partial charge in [-0.1, -0.05) is 19.8 Å². The molecular formula is C13H23N5O2. The van der Waals surface area contributed by atoms with Crippen LogP contribution in [0.1, 0.15) is 32.6 Å². The molecule has 0 aliphatic heterocycles. The molecular weight excluding hydrogens is 258 g/mol. The molecule has 3 N–H and O–H groups in total. The first-order chi connectivity index (χ1) is 9.41. The summed E-state index contributed by atoms with van der Waals surface area (Å²) in [6.07, 6.45) is 4.26. The Balaban J connectivity index is 2.43. The molecule has 1 aliphatic rings. The molecule has 0 aromatic carbocycles. The molecule has 0 bridgehead atoms. The van der Waals surface area contributed by atoms with Gasteiger partial charge in [-0.3, -0.25) is 9.36 Å². The Hall–Kier alpha value is -1.63. The quantitative estimate of drug-likeness (QED) is 0.800. The molecule has 1 aliphatic carbocycles. The smallest absolute Gasteiger partial charge is 0.346 e. The fourth-order valence-electron chi connectivity index (χ4n) is 2.97. The highest BCUT2D eigenvalue weighted by atomic mass is 16.2. The van der Waals surface area contributed by atoms with Crippen LogP contribution in [0.4, 0.5) is 5.82 Å². The lowest BCUT2D eigenvalue weighted by atomic mass is 9.73. The third kappa shape index (κ3) is 2.37. The van der Waals surface area contributed by atoms with Crippen molar-refractivity contribution in [1.82, 2.24) is 14.3 Å². The summed E-state index contributed by atoms with van der Waals surface area (Å²) < 4.78 is 2.23. The summed E-state index contributed by atoms with van der Waals surface area (Å²) >= 11 is 0. The van der Waals surface area contributed by atoms with Gasteiger partial charge in [-0.05, 0) is 18.8 Å². The van der Waals surface area contributed by atoms with E-state index < -0.39 is 11.2 Å². The van der Waals surface area contributed by atoms with Gasteiger partial charge >= 0.3 is 5.69 Å². The average molecular weight is 281 g/mol. The zero-order valence-corrected chi connectivity index (χ0v) is 12.3. The summed E-state index contributed by atoms with van der Waals surface area (Å²) in [5.41, 5.74) is 4.82. The lowest BCUT2D eigenvalue weighted by Gasteiger charge is -2.42. The van der Waals surface area contributed by atoms with Crippen LogP contribution in [0.2, 0.25) is 0 Å². The first-order valence-corrected chi connectivity index (χ1v) is 7.04. The summed E-state index contributed by atoms with van der Waals surface area (Å²) in [6.45, 7) is 2.59. The van der Waals surface area contributed by atoms with Crippen molar-refractivity contribution in [2.24, 2.45) is 25.7 Å². The van der Waals surface area contributed by atoms with E-state index in [1.165, 1.54) is 25.2 Å². The van der Waals surface area contributed by atoms with Gasteiger partial charge in [0.05, 0.1) is 5.54 Å². The summed E-state index contributed by atoms with van der Waals surface area (Å²) in [7, 11) is 2.99. The van der Waals surface area contributed by atoms with Crippen molar-refractivity contribution in [3.8, 4) is 0 Å². The summed E-state index contributed by atoms with van der Waals surface area (Å²) in [4.78, 5) is 23.8. The summed E-state index contributed by atoms with van der Waals surface area (Å²) in [5.74, 6) is 0.568. The number of aryl methyl sites for hydroxylation is 1. The maximum atomic E-state index is 12.2. The Labute approximate surface area is 117 Å². The van der Waals surface area contributed by atoms with Crippen LogP contribution in [0, 0.1) is 5.92 Å². The number of aromatic nitrogens is 3. The van der Waals surface area contributed by atoms with Gasteiger partial charge < -0.3 is 11.1 Å². The van der Waals surface area contributed by atoms with Crippen LogP contribution in [0.15, 0.2) is 9.59 Å². The van der Waals surface area contributed by atoms with E-state index in [2.05, 4.69) is 17.3 Å². The first kappa shape index (κ1) is 14.8. The van der Waals surface area contributed by atoms with Gasteiger partial charge in [0.25, 0.3) is 5.56 Å². The molecule has 1 saturated carbocycles. The second-order valence-corrected chi connectivity index (χ2v) is 5.75. The molecule has 0 amide bonds. The largest absolute Gasteiger partial charge is 0.357 e. The van der Waals surface area contributed by atoms with Gasteiger partial charge in [-0.25, -0.2) is 9.48 Å². The fourth-order valence-corrected chi connectivity index (χ4v) is 2.97. The highest BCUT2D eigenvalue weighted by Crippen LogP contribution is 2.34. The molecule has 1 aromatic heterocycles. The van der Waals surface area contributed by atoms with Crippen LogP contribution in [0.3, 0.4) is 0 Å². The van der Waals surface area contributed by atoms with Crippen LogP contribution < -0.4 is 22.3 Å². The van der Waals surface area contributed by atoms with Gasteiger partial charge in [-0.15, -0.1) is 5.10 Å². The zero-order valence-electron chi connectivity index (χ0n) is 12.3. The van der Waals surface area contributed by atoms with Gasteiger partial charge in [0.2, 0.25) is 5.82 Å². The fraction of sp³-hybridized carbons (Fsp3) is 0.769. The predicted octanol–water partition coefficient (Wildman–Crippen LogP) is -0.201. The third-order valence-corrected chi connectivity index (χ3v) is 4.51. The highest BCUT2D eigenvalue weighted by molar-refractivity contribution is 5.35. The van der Waals surface area contributed by atoms with E-state index in [0.717, 1.165) is 23.8 Å². The number of nitrogens with two attached hydrogens (primary N) is 1. The van der Waals surface area contributed by atoms with E-state index in [1.54, 1.807) is 0 Å². The van der Waals surface area contributed by atoms with Crippen LogP contribution in [0.25, 0.3) is 0 Å². The minimum Gasteiger partial charge on any atom is -0.357 e. The number of hydrogen-bond acceptors (Lipinski definition) is 5. The molecule has 1 fully saturated rings. The maximum Gasteiger partial charge on any atom is 0.346 e. The Morgan fingerprint density at radius 3 is 2.70 bits per heavy atom. The number of anilines is 1. The van der Waals surface area contributed by atoms with Gasteiger partial charge in [-0.2, -0.15) is 0 Å². The van der Waals surface area contributed by atoms with Crippen molar-refractivity contribution in [3.63, 3.8) is 0 Å². The predicted molar refractivity (Wildman–Crippen MR) is 77.8 cm³/mol. The lowest BCUT2D eigenvalue weighted by Crippen LogP contribution is -2.54. The Morgan fingerprint density at radius 1 is 1.40 bits per heavy atom. The second kappa shape index (κ2) is 5.40. The molecule has 7 nitrogen and oxygen atoms in total. The van der Waals surface area contributed by atoms with Crippen molar-refractivity contribution in [3.05, 3.63) is 20.8 Å². The zero-order chi connectivity index (χ0) is 14.9. The Kier molecular flexibility index (Phi) is 3.99. The van der Waals surface area contributed by atoms with Gasteiger partial charge in [0.1, 0.15) is 0 Å². The molecule has 2 atom stereocenters. The minimum atomic E-state index is -0.431. The molecule has 1 aromatic rings. The van der Waals surface area contributed by atoms with Crippen LogP contribution >= 0.6 is 0 Å². The number of hydrogen-bond donors (Lipinski definition) is 2. The molecule has 0 radical (unpaired) electrons. The van der Waals surface area contributed by atoms with Gasteiger partial charge in [0, 0.05) is 20.6 Å². The molecule has 7 heteroatoms. The Morgan fingerprint density at radius 2 is 2.10 bits per heavy atom. The first-order valence-electron chi connectivity index (χ1n) is 7.04. The van der Waals surface area contributed by atoms with Crippen LogP contribution in [-0.2, 0) is 14.1 Å². The van der Waals surface area contributed by atoms with Crippen molar-refractivity contribution in [2.75, 3.05) is 11.9 Å².